The van der Waals surface area contributed by atoms with Gasteiger partial charge in [0.1, 0.15) is 0 Å². The Morgan fingerprint density at radius 1 is 1.08 bits per heavy atom. The van der Waals surface area contributed by atoms with Crippen molar-refractivity contribution in [2.24, 2.45) is 0 Å². The summed E-state index contributed by atoms with van der Waals surface area (Å²) in [6.45, 7) is 1.77. The predicted octanol–water partition coefficient (Wildman–Crippen LogP) is 5.39. The second kappa shape index (κ2) is 11.1. The molecule has 0 aromatic rings. The van der Waals surface area contributed by atoms with Crippen molar-refractivity contribution in [1.29, 1.82) is 0 Å². The van der Waals surface area contributed by atoms with E-state index < -0.39 is 19.1 Å². The average Bonchev–Trinajstić information content (AvgIpc) is 2.55. The van der Waals surface area contributed by atoms with Crippen molar-refractivity contribution in [3.63, 3.8) is 0 Å². The third-order valence-electron chi connectivity index (χ3n) is 4.53. The Hall–Kier alpha value is 1.03. The van der Waals surface area contributed by atoms with Gasteiger partial charge in [0, 0.05) is 7.11 Å². The Kier molecular flexibility index (Phi) is 10.7. The Bertz CT molecular complexity index is 465. The van der Waals surface area contributed by atoms with Gasteiger partial charge in [-0.2, -0.15) is 0 Å². The van der Waals surface area contributed by atoms with Gasteiger partial charge in [0.2, 0.25) is 5.69 Å². The lowest BCUT2D eigenvalue weighted by Gasteiger charge is -2.33. The lowest BCUT2D eigenvalue weighted by molar-refractivity contribution is 0.0186. The van der Waals surface area contributed by atoms with E-state index in [-0.39, 0.29) is 0 Å². The fraction of sp³-hybridized carbons (Fsp3) is 1.00. The van der Waals surface area contributed by atoms with Gasteiger partial charge < -0.3 is 18.8 Å². The summed E-state index contributed by atoms with van der Waals surface area (Å²) in [7, 11) is -2.65. The van der Waals surface area contributed by atoms with Crippen molar-refractivity contribution >= 4 is 36.7 Å². The molecule has 0 aromatic heterocycles. The first-order valence-corrected chi connectivity index (χ1v) is 14.8. The van der Waals surface area contributed by atoms with Crippen LogP contribution >= 0.6 is 24.9 Å². The van der Waals surface area contributed by atoms with Crippen LogP contribution in [0.15, 0.2) is 0 Å². The molecule has 0 spiro atoms. The molecular weight excluding hydrogens is 402 g/mol. The summed E-state index contributed by atoms with van der Waals surface area (Å²) in [5.74, 6) is 0. The minimum atomic E-state index is -4.30. The van der Waals surface area contributed by atoms with Crippen LogP contribution in [0.5, 0.6) is 0 Å². The minimum absolute atomic E-state index is 0.354. The lowest BCUT2D eigenvalue weighted by atomic mass is 9.87. The quantitative estimate of drug-likeness (QED) is 0.539. The van der Waals surface area contributed by atoms with Crippen LogP contribution in [0, 0.1) is 0 Å². The molecule has 2 rings (SSSR count). The predicted molar refractivity (Wildman–Crippen MR) is 107 cm³/mol. The van der Waals surface area contributed by atoms with Crippen molar-refractivity contribution in [3.05, 3.63) is 0 Å². The third kappa shape index (κ3) is 10.2. The van der Waals surface area contributed by atoms with Gasteiger partial charge in [0.05, 0.1) is 11.7 Å². The molecule has 2 aliphatic carbocycles. The molecule has 0 aromatic carbocycles. The highest BCUT2D eigenvalue weighted by Crippen LogP contribution is 2.60. The molecule has 0 saturated heterocycles. The maximum absolute atomic E-state index is 10.6. The van der Waals surface area contributed by atoms with E-state index in [0.717, 1.165) is 44.9 Å². The molecule has 2 saturated carbocycles. The van der Waals surface area contributed by atoms with E-state index in [9.17, 15) is 4.57 Å². The summed E-state index contributed by atoms with van der Waals surface area (Å²) in [4.78, 5) is 17.2. The van der Waals surface area contributed by atoms with Crippen molar-refractivity contribution in [3.8, 4) is 0 Å². The van der Waals surface area contributed by atoms with Crippen LogP contribution in [0.1, 0.15) is 71.1 Å². The van der Waals surface area contributed by atoms with Crippen LogP contribution in [0.4, 0.5) is 0 Å². The van der Waals surface area contributed by atoms with Gasteiger partial charge >= 0.3 is 7.82 Å². The molecule has 10 heteroatoms. The van der Waals surface area contributed by atoms with E-state index in [4.69, 9.17) is 35.2 Å². The SMILES string of the molecule is CC1(OP(=O)(O)O)CCCCC1.COP(=S)(OC1CCCCC1)SC. The summed E-state index contributed by atoms with van der Waals surface area (Å²) < 4.78 is 26.4. The van der Waals surface area contributed by atoms with Crippen molar-refractivity contribution in [1.82, 2.24) is 0 Å². The average molecular weight is 434 g/mol. The van der Waals surface area contributed by atoms with E-state index in [1.165, 1.54) is 19.3 Å². The Balaban J connectivity index is 0.000000251. The van der Waals surface area contributed by atoms with Gasteiger partial charge in [-0.05, 0) is 50.7 Å². The van der Waals surface area contributed by atoms with Crippen molar-refractivity contribution < 1.29 is 27.9 Å². The molecule has 1 unspecified atom stereocenters. The molecule has 25 heavy (non-hydrogen) atoms. The largest absolute Gasteiger partial charge is 0.470 e. The zero-order valence-corrected chi connectivity index (χ0v) is 18.8. The maximum Gasteiger partial charge on any atom is 0.470 e. The third-order valence-corrected chi connectivity index (χ3v) is 10.8. The van der Waals surface area contributed by atoms with Crippen LogP contribution in [0.3, 0.4) is 0 Å². The topological polar surface area (TPSA) is 85.2 Å². The highest BCUT2D eigenvalue weighted by atomic mass is 32.9. The van der Waals surface area contributed by atoms with E-state index in [2.05, 4.69) is 0 Å². The molecule has 6 nitrogen and oxygen atoms in total. The minimum Gasteiger partial charge on any atom is -0.325 e. The zero-order chi connectivity index (χ0) is 19.0. The number of hydrogen-bond donors (Lipinski definition) is 2. The molecule has 1 atom stereocenters. The first-order valence-electron chi connectivity index (χ1n) is 8.78. The Labute approximate surface area is 160 Å². The number of rotatable bonds is 6. The molecule has 2 aliphatic rings. The van der Waals surface area contributed by atoms with Gasteiger partial charge in [-0.3, -0.25) is 4.52 Å². The fourth-order valence-corrected chi connectivity index (χ4v) is 6.28. The number of phosphoric acid groups is 1. The highest BCUT2D eigenvalue weighted by molar-refractivity contribution is 8.67. The molecule has 0 radical (unpaired) electrons. The fourth-order valence-electron chi connectivity index (χ4n) is 3.19. The summed E-state index contributed by atoms with van der Waals surface area (Å²) in [6, 6.07) is 0. The molecule has 0 amide bonds. The van der Waals surface area contributed by atoms with Crippen molar-refractivity contribution in [2.75, 3.05) is 13.4 Å². The van der Waals surface area contributed by atoms with Gasteiger partial charge in [-0.15, -0.1) is 0 Å². The number of phosphoric ester groups is 1. The van der Waals surface area contributed by atoms with Gasteiger partial charge in [-0.1, -0.05) is 49.9 Å². The first kappa shape index (κ1) is 24.1. The molecule has 0 heterocycles. The zero-order valence-electron chi connectivity index (χ0n) is 15.4. The van der Waals surface area contributed by atoms with Gasteiger partial charge in [-0.25, -0.2) is 4.57 Å². The normalized spacial score (nSPS) is 24.0. The molecule has 150 valence electrons. The van der Waals surface area contributed by atoms with Gasteiger partial charge in [0.25, 0.3) is 0 Å². The van der Waals surface area contributed by atoms with E-state index >= 15 is 0 Å². The summed E-state index contributed by atoms with van der Waals surface area (Å²) >= 11 is 6.86. The summed E-state index contributed by atoms with van der Waals surface area (Å²) in [5, 5.41) is 0. The van der Waals surface area contributed by atoms with Crippen LogP contribution < -0.4 is 0 Å². The Morgan fingerprint density at radius 3 is 2.04 bits per heavy atom. The summed E-state index contributed by atoms with van der Waals surface area (Å²) in [5.41, 5.74) is -2.60. The smallest absolute Gasteiger partial charge is 0.325 e. The van der Waals surface area contributed by atoms with Crippen LogP contribution in [0.2, 0.25) is 0 Å². The monoisotopic (exact) mass is 434 g/mol. The van der Waals surface area contributed by atoms with Gasteiger partial charge in [0.15, 0.2) is 0 Å². The molecule has 2 N–H and O–H groups in total. The van der Waals surface area contributed by atoms with Crippen LogP contribution in [-0.2, 0) is 29.9 Å². The first-order chi connectivity index (χ1) is 11.6. The van der Waals surface area contributed by atoms with Crippen molar-refractivity contribution in [2.45, 2.75) is 82.8 Å². The highest BCUT2D eigenvalue weighted by Gasteiger charge is 2.34. The standard InChI is InChI=1S/C8H17O2PS2.C7H15O4P/c1-9-11(12,13-2)10-8-6-4-3-5-7-8;1-7(11-12(8,9)10)5-3-2-4-6-7/h8H,3-7H2,1-2H3;2-6H2,1H3,(H2,8,9,10). The second-order valence-electron chi connectivity index (χ2n) is 6.77. The Morgan fingerprint density at radius 2 is 1.60 bits per heavy atom. The summed E-state index contributed by atoms with van der Waals surface area (Å²) in [6.07, 6.45) is 13.2. The van der Waals surface area contributed by atoms with E-state index in [1.54, 1.807) is 25.4 Å². The van der Waals surface area contributed by atoms with Crippen LogP contribution in [-0.4, -0.2) is 34.9 Å². The lowest BCUT2D eigenvalue weighted by Crippen LogP contribution is -2.29. The molecular formula is C15H32O6P2S2. The number of hydrogen-bond acceptors (Lipinski definition) is 6. The molecule has 2 fully saturated rings. The molecule has 0 bridgehead atoms. The van der Waals surface area contributed by atoms with E-state index in [0.29, 0.717) is 6.10 Å². The van der Waals surface area contributed by atoms with E-state index in [1.807, 2.05) is 6.26 Å². The van der Waals surface area contributed by atoms with Crippen LogP contribution in [0.25, 0.3) is 0 Å². The molecule has 0 aliphatic heterocycles. The maximum atomic E-state index is 10.6. The second-order valence-corrected chi connectivity index (χ2v) is 14.4.